The first-order chi connectivity index (χ1) is 17.2. The summed E-state index contributed by atoms with van der Waals surface area (Å²) >= 11 is 0. The molecule has 0 spiro atoms. The van der Waals surface area contributed by atoms with Crippen LogP contribution in [0.5, 0.6) is 5.75 Å². The lowest BCUT2D eigenvalue weighted by atomic mass is 9.91. The van der Waals surface area contributed by atoms with Crippen molar-refractivity contribution in [3.8, 4) is 5.75 Å². The number of aromatic nitrogens is 1. The molecule has 3 rings (SSSR count). The highest BCUT2D eigenvalue weighted by Crippen LogP contribution is 2.34. The number of oxazole rings is 1. The van der Waals surface area contributed by atoms with E-state index < -0.39 is 11.7 Å². The highest BCUT2D eigenvalue weighted by molar-refractivity contribution is 5.98. The van der Waals surface area contributed by atoms with E-state index in [1.807, 2.05) is 38.1 Å². The largest absolute Gasteiger partial charge is 0.496 e. The predicted molar refractivity (Wildman–Crippen MR) is 134 cm³/mol. The number of carbonyl (C=O) groups excluding carboxylic acids is 2. The van der Waals surface area contributed by atoms with E-state index in [9.17, 15) is 14.4 Å². The molecule has 0 radical (unpaired) electrons. The van der Waals surface area contributed by atoms with Crippen LogP contribution in [0.2, 0.25) is 0 Å². The molecule has 0 fully saturated rings. The maximum absolute atomic E-state index is 12.7. The van der Waals surface area contributed by atoms with Crippen LogP contribution in [0.4, 0.5) is 0 Å². The Morgan fingerprint density at radius 1 is 1.00 bits per heavy atom. The van der Waals surface area contributed by atoms with Gasteiger partial charge in [-0.05, 0) is 78.8 Å². The standard InChI is InChI=1S/C26H31N3O7/c1-15-11-17(13-20(23(15)33-4)25(31)28-35-6)19(9-7-8-10-22(30)27-34-5)18-12-16(2)24-21(14-18)29(3)26(32)36-24/h9,11-14H,7-8,10H2,1-6H3,(H,27,30)(H,28,31)/b19-9+. The first-order valence-electron chi connectivity index (χ1n) is 11.4. The van der Waals surface area contributed by atoms with E-state index in [2.05, 4.69) is 15.8 Å². The van der Waals surface area contributed by atoms with Crippen molar-refractivity contribution >= 4 is 28.5 Å². The van der Waals surface area contributed by atoms with E-state index in [0.717, 1.165) is 27.8 Å². The Bertz CT molecular complexity index is 1370. The molecule has 0 saturated heterocycles. The molecule has 192 valence electrons. The summed E-state index contributed by atoms with van der Waals surface area (Å²) in [5.41, 5.74) is 10.1. The van der Waals surface area contributed by atoms with Crippen LogP contribution in [0, 0.1) is 13.8 Å². The molecule has 0 aliphatic heterocycles. The number of nitrogens with one attached hydrogen (secondary N) is 2. The van der Waals surface area contributed by atoms with Crippen LogP contribution in [0.25, 0.3) is 16.7 Å². The van der Waals surface area contributed by atoms with E-state index in [1.54, 1.807) is 13.1 Å². The molecule has 36 heavy (non-hydrogen) atoms. The van der Waals surface area contributed by atoms with Crippen molar-refractivity contribution in [3.05, 3.63) is 68.7 Å². The van der Waals surface area contributed by atoms with Crippen LogP contribution in [0.15, 0.2) is 39.6 Å². The fourth-order valence-corrected chi connectivity index (χ4v) is 4.14. The van der Waals surface area contributed by atoms with Gasteiger partial charge >= 0.3 is 5.76 Å². The van der Waals surface area contributed by atoms with E-state index in [4.69, 9.17) is 14.0 Å². The third-order valence-electron chi connectivity index (χ3n) is 5.79. The molecule has 1 aromatic heterocycles. The van der Waals surface area contributed by atoms with Crippen molar-refractivity contribution in [3.63, 3.8) is 0 Å². The Labute approximate surface area is 208 Å². The Morgan fingerprint density at radius 2 is 1.67 bits per heavy atom. The number of carbonyl (C=O) groups is 2. The van der Waals surface area contributed by atoms with Crippen molar-refractivity contribution in [2.75, 3.05) is 21.3 Å². The van der Waals surface area contributed by atoms with Crippen LogP contribution < -0.4 is 21.5 Å². The zero-order chi connectivity index (χ0) is 26.4. The monoisotopic (exact) mass is 497 g/mol. The molecule has 3 aromatic rings. The summed E-state index contributed by atoms with van der Waals surface area (Å²) in [5.74, 6) is -0.665. The number of nitrogens with zero attached hydrogens (tertiary/aromatic N) is 1. The van der Waals surface area contributed by atoms with Gasteiger partial charge in [0, 0.05) is 13.5 Å². The normalized spacial score (nSPS) is 11.6. The number of amides is 2. The molecule has 2 amide bonds. The second-order valence-electron chi connectivity index (χ2n) is 8.32. The van der Waals surface area contributed by atoms with Gasteiger partial charge < -0.3 is 9.15 Å². The summed E-state index contributed by atoms with van der Waals surface area (Å²) in [6, 6.07) is 7.48. The summed E-state index contributed by atoms with van der Waals surface area (Å²) in [4.78, 5) is 46.1. The van der Waals surface area contributed by atoms with Gasteiger partial charge in [0.2, 0.25) is 5.91 Å². The molecule has 2 N–H and O–H groups in total. The fourth-order valence-electron chi connectivity index (χ4n) is 4.14. The first-order valence-corrected chi connectivity index (χ1v) is 11.4. The number of hydrogen-bond acceptors (Lipinski definition) is 7. The quantitative estimate of drug-likeness (QED) is 0.326. The fraction of sp³-hybridized carbons (Fsp3) is 0.346. The van der Waals surface area contributed by atoms with Crippen molar-refractivity contribution in [2.24, 2.45) is 7.05 Å². The second-order valence-corrected chi connectivity index (χ2v) is 8.32. The average molecular weight is 498 g/mol. The minimum Gasteiger partial charge on any atom is -0.496 e. The van der Waals surface area contributed by atoms with Gasteiger partial charge in [-0.1, -0.05) is 6.08 Å². The molecule has 0 aliphatic carbocycles. The third kappa shape index (κ3) is 5.67. The Hall–Kier alpha value is -3.89. The molecule has 1 heterocycles. The topological polar surface area (TPSA) is 121 Å². The number of allylic oxidation sites excluding steroid dienone is 1. The van der Waals surface area contributed by atoms with E-state index in [1.165, 1.54) is 25.9 Å². The predicted octanol–water partition coefficient (Wildman–Crippen LogP) is 3.33. The van der Waals surface area contributed by atoms with Gasteiger partial charge in [-0.15, -0.1) is 0 Å². The molecule has 0 saturated carbocycles. The summed E-state index contributed by atoms with van der Waals surface area (Å²) < 4.78 is 12.3. The number of benzene rings is 2. The van der Waals surface area contributed by atoms with Gasteiger partial charge in [-0.25, -0.2) is 15.8 Å². The lowest BCUT2D eigenvalue weighted by molar-refractivity contribution is -0.131. The van der Waals surface area contributed by atoms with Crippen molar-refractivity contribution in [1.29, 1.82) is 0 Å². The van der Waals surface area contributed by atoms with Crippen LogP contribution in [-0.2, 0) is 21.5 Å². The highest BCUT2D eigenvalue weighted by atomic mass is 16.6. The van der Waals surface area contributed by atoms with Crippen molar-refractivity contribution < 1.29 is 28.4 Å². The Balaban J connectivity index is 2.15. The first kappa shape index (κ1) is 26.7. The summed E-state index contributed by atoms with van der Waals surface area (Å²) in [6.07, 6.45) is 3.46. The molecular weight excluding hydrogens is 466 g/mol. The van der Waals surface area contributed by atoms with E-state index in [0.29, 0.717) is 35.3 Å². The van der Waals surface area contributed by atoms with Crippen LogP contribution in [0.1, 0.15) is 51.9 Å². The van der Waals surface area contributed by atoms with Gasteiger partial charge in [-0.2, -0.15) is 0 Å². The van der Waals surface area contributed by atoms with Gasteiger partial charge in [0.25, 0.3) is 5.91 Å². The Kier molecular flexibility index (Phi) is 8.68. The zero-order valence-electron chi connectivity index (χ0n) is 21.3. The number of methoxy groups -OCH3 is 1. The van der Waals surface area contributed by atoms with Gasteiger partial charge in [0.15, 0.2) is 5.58 Å². The number of aryl methyl sites for hydroxylation is 3. The maximum atomic E-state index is 12.7. The van der Waals surface area contributed by atoms with Gasteiger partial charge in [0.05, 0.1) is 32.4 Å². The third-order valence-corrected chi connectivity index (χ3v) is 5.79. The average Bonchev–Trinajstić information content (AvgIpc) is 3.13. The lowest BCUT2D eigenvalue weighted by Crippen LogP contribution is -2.23. The summed E-state index contributed by atoms with van der Waals surface area (Å²) in [7, 11) is 5.91. The molecule has 0 atom stereocenters. The zero-order valence-corrected chi connectivity index (χ0v) is 21.3. The SMILES string of the molecule is CONC(=O)CCC/C=C(\c1cc(C)c(OC)c(C(=O)NOC)c1)c1cc(C)c2oc(=O)n(C)c2c1. The van der Waals surface area contributed by atoms with Gasteiger partial charge in [0.1, 0.15) is 5.75 Å². The van der Waals surface area contributed by atoms with E-state index in [-0.39, 0.29) is 12.3 Å². The minimum atomic E-state index is -0.446. The number of ether oxygens (including phenoxy) is 1. The molecule has 0 unspecified atom stereocenters. The molecular formula is C26H31N3O7. The molecule has 0 bridgehead atoms. The van der Waals surface area contributed by atoms with Crippen LogP contribution in [0.3, 0.4) is 0 Å². The molecule has 0 aliphatic rings. The minimum absolute atomic E-state index is 0.211. The number of fused-ring (bicyclic) bond motifs is 1. The maximum Gasteiger partial charge on any atom is 0.419 e. The van der Waals surface area contributed by atoms with Crippen LogP contribution >= 0.6 is 0 Å². The Morgan fingerprint density at radius 3 is 2.33 bits per heavy atom. The van der Waals surface area contributed by atoms with Crippen molar-refractivity contribution in [2.45, 2.75) is 33.1 Å². The van der Waals surface area contributed by atoms with Gasteiger partial charge in [-0.3, -0.25) is 23.8 Å². The lowest BCUT2D eigenvalue weighted by Gasteiger charge is -2.16. The number of unbranched alkanes of at least 4 members (excludes halogenated alkanes) is 1. The smallest absolute Gasteiger partial charge is 0.419 e. The second kappa shape index (κ2) is 11.7. The highest BCUT2D eigenvalue weighted by Gasteiger charge is 2.19. The van der Waals surface area contributed by atoms with Crippen molar-refractivity contribution in [1.82, 2.24) is 15.5 Å². The molecule has 10 nitrogen and oxygen atoms in total. The summed E-state index contributed by atoms with van der Waals surface area (Å²) in [5, 5.41) is 0. The number of hydrogen-bond donors (Lipinski definition) is 2. The van der Waals surface area contributed by atoms with E-state index >= 15 is 0 Å². The van der Waals surface area contributed by atoms with Crippen LogP contribution in [-0.4, -0.2) is 37.7 Å². The molecule has 10 heteroatoms. The summed E-state index contributed by atoms with van der Waals surface area (Å²) in [6.45, 7) is 3.73. The molecule has 2 aromatic carbocycles. The number of hydroxylamine groups is 2. The number of rotatable bonds is 10.